The zero-order valence-electron chi connectivity index (χ0n) is 12.1. The van der Waals surface area contributed by atoms with Gasteiger partial charge in [-0.15, -0.1) is 0 Å². The lowest BCUT2D eigenvalue weighted by atomic mass is 9.95. The third kappa shape index (κ3) is 3.22. The van der Waals surface area contributed by atoms with Crippen LogP contribution in [0.1, 0.15) is 36.6 Å². The van der Waals surface area contributed by atoms with Gasteiger partial charge in [0.05, 0.1) is 12.1 Å². The van der Waals surface area contributed by atoms with Gasteiger partial charge in [-0.25, -0.2) is 0 Å². The van der Waals surface area contributed by atoms with Crippen molar-refractivity contribution in [3.8, 4) is 5.75 Å². The van der Waals surface area contributed by atoms with Crippen LogP contribution in [0, 0.1) is 6.92 Å². The molecule has 0 aliphatic heterocycles. The van der Waals surface area contributed by atoms with Crippen LogP contribution in [0.4, 0.5) is 0 Å². The van der Waals surface area contributed by atoms with Crippen molar-refractivity contribution in [2.24, 2.45) is 5.73 Å². The summed E-state index contributed by atoms with van der Waals surface area (Å²) in [5, 5.41) is 0. The van der Waals surface area contributed by atoms with Gasteiger partial charge in [0.25, 0.3) is 0 Å². The Morgan fingerprint density at radius 2 is 1.65 bits per heavy atom. The molecule has 2 nitrogen and oxygen atoms in total. The van der Waals surface area contributed by atoms with Crippen LogP contribution in [0.2, 0.25) is 0 Å². The van der Waals surface area contributed by atoms with Crippen molar-refractivity contribution >= 4 is 15.9 Å². The molecule has 0 aliphatic rings. The fraction of sp³-hybridized carbons (Fsp3) is 0.294. The van der Waals surface area contributed by atoms with E-state index in [0.717, 1.165) is 21.3 Å². The van der Waals surface area contributed by atoms with Crippen molar-refractivity contribution in [1.29, 1.82) is 0 Å². The summed E-state index contributed by atoms with van der Waals surface area (Å²) in [5.41, 5.74) is 9.75. The van der Waals surface area contributed by atoms with Crippen LogP contribution in [0.5, 0.6) is 5.75 Å². The first-order valence-electron chi connectivity index (χ1n) is 6.77. The van der Waals surface area contributed by atoms with Crippen LogP contribution < -0.4 is 10.5 Å². The highest BCUT2D eigenvalue weighted by molar-refractivity contribution is 9.10. The molecule has 2 rings (SSSR count). The molecule has 2 aromatic carbocycles. The van der Waals surface area contributed by atoms with Gasteiger partial charge in [0, 0.05) is 10.0 Å². The average molecular weight is 334 g/mol. The number of hydrogen-bond acceptors (Lipinski definition) is 2. The highest BCUT2D eigenvalue weighted by Crippen LogP contribution is 2.32. The third-order valence-corrected chi connectivity index (χ3v) is 4.12. The molecule has 2 aromatic rings. The monoisotopic (exact) mass is 333 g/mol. The minimum atomic E-state index is -0.192. The van der Waals surface area contributed by atoms with E-state index in [1.54, 1.807) is 0 Å². The topological polar surface area (TPSA) is 35.2 Å². The summed E-state index contributed by atoms with van der Waals surface area (Å²) >= 11 is 3.56. The van der Waals surface area contributed by atoms with E-state index in [4.69, 9.17) is 10.5 Å². The quantitative estimate of drug-likeness (QED) is 0.887. The van der Waals surface area contributed by atoms with E-state index in [1.165, 1.54) is 5.56 Å². The van der Waals surface area contributed by atoms with E-state index < -0.39 is 0 Å². The van der Waals surface area contributed by atoms with Gasteiger partial charge < -0.3 is 10.5 Å². The summed E-state index contributed by atoms with van der Waals surface area (Å²) < 4.78 is 6.94. The lowest BCUT2D eigenvalue weighted by Gasteiger charge is -2.20. The van der Waals surface area contributed by atoms with Gasteiger partial charge in [-0.2, -0.15) is 0 Å². The van der Waals surface area contributed by atoms with Gasteiger partial charge in [0.15, 0.2) is 0 Å². The molecule has 0 saturated carbocycles. The Kier molecular flexibility index (Phi) is 4.84. The SMILES string of the molecule is Cc1c(Br)cccc1C(N)c1ccccc1OC(C)C. The Hall–Kier alpha value is -1.32. The Bertz CT molecular complexity index is 595. The Morgan fingerprint density at radius 1 is 1.00 bits per heavy atom. The third-order valence-electron chi connectivity index (χ3n) is 3.26. The standard InChI is InChI=1S/C17H20BrNO/c1-11(2)20-16-10-5-4-7-14(16)17(19)13-8-6-9-15(18)12(13)3/h4-11,17H,19H2,1-3H3. The summed E-state index contributed by atoms with van der Waals surface area (Å²) in [6.45, 7) is 6.12. The summed E-state index contributed by atoms with van der Waals surface area (Å²) in [5.74, 6) is 0.856. The molecular weight excluding hydrogens is 314 g/mol. The number of hydrogen-bond donors (Lipinski definition) is 1. The van der Waals surface area contributed by atoms with Gasteiger partial charge in [-0.3, -0.25) is 0 Å². The zero-order chi connectivity index (χ0) is 14.7. The van der Waals surface area contributed by atoms with Crippen LogP contribution in [-0.2, 0) is 0 Å². The van der Waals surface area contributed by atoms with Crippen molar-refractivity contribution in [2.45, 2.75) is 32.9 Å². The molecule has 0 heterocycles. The number of nitrogens with two attached hydrogens (primary N) is 1. The molecule has 0 spiro atoms. The van der Waals surface area contributed by atoms with E-state index in [0.29, 0.717) is 0 Å². The fourth-order valence-electron chi connectivity index (χ4n) is 2.23. The molecule has 106 valence electrons. The molecule has 0 bridgehead atoms. The molecule has 0 fully saturated rings. The van der Waals surface area contributed by atoms with E-state index >= 15 is 0 Å². The lowest BCUT2D eigenvalue weighted by molar-refractivity contribution is 0.239. The first-order valence-corrected chi connectivity index (χ1v) is 7.56. The molecule has 3 heteroatoms. The highest BCUT2D eigenvalue weighted by atomic mass is 79.9. The molecule has 0 amide bonds. The van der Waals surface area contributed by atoms with Crippen LogP contribution in [0.3, 0.4) is 0 Å². The molecule has 0 aliphatic carbocycles. The molecule has 1 unspecified atom stereocenters. The maximum atomic E-state index is 6.46. The predicted octanol–water partition coefficient (Wildman–Crippen LogP) is 4.59. The van der Waals surface area contributed by atoms with Gasteiger partial charge in [-0.05, 0) is 44.0 Å². The average Bonchev–Trinajstić information content (AvgIpc) is 2.41. The van der Waals surface area contributed by atoms with Crippen molar-refractivity contribution in [3.05, 3.63) is 63.6 Å². The van der Waals surface area contributed by atoms with E-state index in [-0.39, 0.29) is 12.1 Å². The van der Waals surface area contributed by atoms with E-state index in [2.05, 4.69) is 28.9 Å². The number of benzene rings is 2. The van der Waals surface area contributed by atoms with Gasteiger partial charge in [0.2, 0.25) is 0 Å². The maximum absolute atomic E-state index is 6.46. The second-order valence-electron chi connectivity index (χ2n) is 5.14. The van der Waals surface area contributed by atoms with Gasteiger partial charge in [0.1, 0.15) is 5.75 Å². The minimum Gasteiger partial charge on any atom is -0.491 e. The largest absolute Gasteiger partial charge is 0.491 e. The maximum Gasteiger partial charge on any atom is 0.124 e. The molecule has 0 saturated heterocycles. The Morgan fingerprint density at radius 3 is 2.35 bits per heavy atom. The highest BCUT2D eigenvalue weighted by Gasteiger charge is 2.17. The predicted molar refractivity (Wildman–Crippen MR) is 87.1 cm³/mol. The van der Waals surface area contributed by atoms with Crippen molar-refractivity contribution in [2.75, 3.05) is 0 Å². The molecule has 1 atom stereocenters. The summed E-state index contributed by atoms with van der Waals surface area (Å²) in [6.07, 6.45) is 0.131. The minimum absolute atomic E-state index is 0.131. The van der Waals surface area contributed by atoms with Crippen molar-refractivity contribution in [1.82, 2.24) is 0 Å². The lowest BCUT2D eigenvalue weighted by Crippen LogP contribution is -2.16. The van der Waals surface area contributed by atoms with E-state index in [1.807, 2.05) is 50.2 Å². The van der Waals surface area contributed by atoms with E-state index in [9.17, 15) is 0 Å². The fourth-order valence-corrected chi connectivity index (χ4v) is 2.61. The molecule has 0 radical (unpaired) electrons. The van der Waals surface area contributed by atoms with Crippen LogP contribution in [-0.4, -0.2) is 6.10 Å². The van der Waals surface area contributed by atoms with Crippen LogP contribution >= 0.6 is 15.9 Å². The number of para-hydroxylation sites is 1. The zero-order valence-corrected chi connectivity index (χ0v) is 13.6. The number of ether oxygens (including phenoxy) is 1. The first-order chi connectivity index (χ1) is 9.50. The summed E-state index contributed by atoms with van der Waals surface area (Å²) in [4.78, 5) is 0. The first kappa shape index (κ1) is 15.1. The van der Waals surface area contributed by atoms with Crippen LogP contribution in [0.25, 0.3) is 0 Å². The second kappa shape index (κ2) is 6.42. The Labute approximate surface area is 129 Å². The second-order valence-corrected chi connectivity index (χ2v) is 5.99. The molecular formula is C17H20BrNO. The molecule has 0 aromatic heterocycles. The summed E-state index contributed by atoms with van der Waals surface area (Å²) in [7, 11) is 0. The Balaban J connectivity index is 2.43. The number of rotatable bonds is 4. The van der Waals surface area contributed by atoms with Gasteiger partial charge >= 0.3 is 0 Å². The molecule has 20 heavy (non-hydrogen) atoms. The van der Waals surface area contributed by atoms with Crippen LogP contribution in [0.15, 0.2) is 46.9 Å². The number of halogens is 1. The summed E-state index contributed by atoms with van der Waals surface area (Å²) in [6, 6.07) is 13.9. The smallest absolute Gasteiger partial charge is 0.124 e. The van der Waals surface area contributed by atoms with Crippen molar-refractivity contribution in [3.63, 3.8) is 0 Å². The normalized spacial score (nSPS) is 12.5. The molecule has 2 N–H and O–H groups in total. The van der Waals surface area contributed by atoms with Crippen molar-refractivity contribution < 1.29 is 4.74 Å². The van der Waals surface area contributed by atoms with Gasteiger partial charge in [-0.1, -0.05) is 46.3 Å².